The molecule has 0 radical (unpaired) electrons. The van der Waals surface area contributed by atoms with Gasteiger partial charge < -0.3 is 0 Å². The van der Waals surface area contributed by atoms with Gasteiger partial charge in [0.05, 0.1) is 17.0 Å². The van der Waals surface area contributed by atoms with Gasteiger partial charge in [0.15, 0.2) is 0 Å². The van der Waals surface area contributed by atoms with Gasteiger partial charge in [0.2, 0.25) is 0 Å². The number of hydrogen-bond donors (Lipinski definition) is 0. The maximum atomic E-state index is 14.0. The third kappa shape index (κ3) is 1.48. The van der Waals surface area contributed by atoms with Crippen molar-refractivity contribution in [2.24, 2.45) is 5.41 Å². The van der Waals surface area contributed by atoms with Crippen molar-refractivity contribution in [3.63, 3.8) is 0 Å². The van der Waals surface area contributed by atoms with Gasteiger partial charge in [0.25, 0.3) is 0 Å². The lowest BCUT2D eigenvalue weighted by atomic mass is 9.70. The molecule has 0 saturated heterocycles. The highest BCUT2D eigenvalue weighted by Gasteiger charge is 2.60. The summed E-state index contributed by atoms with van der Waals surface area (Å²) in [6.45, 7) is 6.75. The van der Waals surface area contributed by atoms with Crippen LogP contribution in [0.2, 0.25) is 0 Å². The molecule has 1 saturated carbocycles. The highest BCUT2D eigenvalue weighted by Crippen LogP contribution is 2.67. The zero-order valence-electron chi connectivity index (χ0n) is 13.0. The van der Waals surface area contributed by atoms with Crippen molar-refractivity contribution in [2.75, 3.05) is 0 Å². The zero-order valence-corrected chi connectivity index (χ0v) is 13.0. The number of halogens is 2. The Hall–Kier alpha value is -1.84. The molecule has 114 valence electrons. The molecule has 2 aliphatic rings. The van der Waals surface area contributed by atoms with Crippen molar-refractivity contribution >= 4 is 0 Å². The van der Waals surface area contributed by atoms with E-state index in [0.29, 0.717) is 11.6 Å². The van der Waals surface area contributed by atoms with Crippen molar-refractivity contribution in [2.45, 2.75) is 44.9 Å². The molecule has 22 heavy (non-hydrogen) atoms. The van der Waals surface area contributed by atoms with E-state index in [2.05, 4.69) is 31.0 Å². The van der Waals surface area contributed by atoms with E-state index >= 15 is 0 Å². The summed E-state index contributed by atoms with van der Waals surface area (Å²) in [5.74, 6) is -0.803. The quantitative estimate of drug-likeness (QED) is 0.769. The fourth-order valence-electron chi connectivity index (χ4n) is 4.43. The van der Waals surface area contributed by atoms with Crippen molar-refractivity contribution in [3.8, 4) is 11.3 Å². The van der Waals surface area contributed by atoms with Gasteiger partial charge >= 0.3 is 0 Å². The Labute approximate surface area is 128 Å². The molecule has 0 spiro atoms. The Morgan fingerprint density at radius 1 is 1.09 bits per heavy atom. The minimum absolute atomic E-state index is 0.00626. The Balaban J connectivity index is 1.92. The second-order valence-electron chi connectivity index (χ2n) is 7.28. The zero-order chi connectivity index (χ0) is 15.7. The smallest absolute Gasteiger partial charge is 0.135 e. The van der Waals surface area contributed by atoms with E-state index in [1.807, 2.05) is 6.07 Å². The van der Waals surface area contributed by atoms with Crippen LogP contribution in [0, 0.1) is 17.0 Å². The molecule has 1 heterocycles. The average molecular weight is 300 g/mol. The van der Waals surface area contributed by atoms with Crippen LogP contribution in [0.5, 0.6) is 0 Å². The van der Waals surface area contributed by atoms with Gasteiger partial charge in [-0.1, -0.05) is 26.8 Å². The Bertz CT molecular complexity index is 764. The van der Waals surface area contributed by atoms with Gasteiger partial charge in [0.1, 0.15) is 11.6 Å². The molecule has 0 N–H and O–H groups in total. The van der Waals surface area contributed by atoms with E-state index in [9.17, 15) is 8.78 Å². The molecule has 0 amide bonds. The molecule has 2 aliphatic carbocycles. The highest BCUT2D eigenvalue weighted by atomic mass is 19.1. The second kappa shape index (κ2) is 4.12. The summed E-state index contributed by atoms with van der Waals surface area (Å²) in [7, 11) is 0. The van der Waals surface area contributed by atoms with Crippen LogP contribution >= 0.6 is 0 Å². The molecule has 2 aromatic rings. The Kier molecular flexibility index (Phi) is 2.58. The maximum absolute atomic E-state index is 14.0. The molecule has 0 aliphatic heterocycles. The molecule has 1 aromatic heterocycles. The summed E-state index contributed by atoms with van der Waals surface area (Å²) in [5, 5.41) is 8.53. The summed E-state index contributed by atoms with van der Waals surface area (Å²) in [5.41, 5.74) is 2.45. The summed E-state index contributed by atoms with van der Waals surface area (Å²) in [4.78, 5) is 0. The normalized spacial score (nSPS) is 28.0. The van der Waals surface area contributed by atoms with Gasteiger partial charge in [0, 0.05) is 5.41 Å². The standard InChI is InChI=1S/C18H18F2N2/c1-17(2)11-7-8-18(17,3)16-10(11)9-14(21-22-16)15-12(19)5-4-6-13(15)20/h4-6,9,11H,7-8H2,1-3H3/t11-,18-/m0/s1. The lowest BCUT2D eigenvalue weighted by Crippen LogP contribution is -2.32. The Morgan fingerprint density at radius 3 is 2.45 bits per heavy atom. The van der Waals surface area contributed by atoms with Crippen molar-refractivity contribution < 1.29 is 8.78 Å². The second-order valence-corrected chi connectivity index (χ2v) is 7.28. The van der Waals surface area contributed by atoms with E-state index < -0.39 is 11.6 Å². The monoisotopic (exact) mass is 300 g/mol. The fourth-order valence-corrected chi connectivity index (χ4v) is 4.43. The number of nitrogens with zero attached hydrogens (tertiary/aromatic N) is 2. The fraction of sp³-hybridized carbons (Fsp3) is 0.444. The molecule has 2 atom stereocenters. The van der Waals surface area contributed by atoms with E-state index in [-0.39, 0.29) is 16.4 Å². The SMILES string of the molecule is CC1(C)[C@H]2CC[C@@]1(C)c1nnc(-c3c(F)cccc3F)cc12. The van der Waals surface area contributed by atoms with Gasteiger partial charge in [-0.25, -0.2) is 8.78 Å². The Morgan fingerprint density at radius 2 is 1.77 bits per heavy atom. The molecular formula is C18H18F2N2. The van der Waals surface area contributed by atoms with Crippen molar-refractivity contribution in [3.05, 3.63) is 47.2 Å². The number of benzene rings is 1. The van der Waals surface area contributed by atoms with Gasteiger partial charge in [-0.3, -0.25) is 0 Å². The number of fused-ring (bicyclic) bond motifs is 5. The topological polar surface area (TPSA) is 25.8 Å². The molecule has 2 nitrogen and oxygen atoms in total. The van der Waals surface area contributed by atoms with Gasteiger partial charge in [-0.2, -0.15) is 10.2 Å². The van der Waals surface area contributed by atoms with Crippen LogP contribution in [0.1, 0.15) is 50.8 Å². The lowest BCUT2D eigenvalue weighted by Gasteiger charge is -2.33. The molecule has 1 fully saturated rings. The number of rotatable bonds is 1. The van der Waals surface area contributed by atoms with E-state index in [1.165, 1.54) is 18.2 Å². The van der Waals surface area contributed by atoms with E-state index in [0.717, 1.165) is 24.1 Å². The summed E-state index contributed by atoms with van der Waals surface area (Å²) in [6.07, 6.45) is 2.20. The van der Waals surface area contributed by atoms with Crippen molar-refractivity contribution in [1.82, 2.24) is 10.2 Å². The lowest BCUT2D eigenvalue weighted by molar-refractivity contribution is 0.226. The number of aromatic nitrogens is 2. The first-order chi connectivity index (χ1) is 10.4. The maximum Gasteiger partial charge on any atom is 0.135 e. The highest BCUT2D eigenvalue weighted by molar-refractivity contribution is 5.63. The molecule has 0 unspecified atom stereocenters. The van der Waals surface area contributed by atoms with Crippen LogP contribution in [-0.4, -0.2) is 10.2 Å². The molecule has 4 rings (SSSR count). The molecular weight excluding hydrogens is 282 g/mol. The van der Waals surface area contributed by atoms with E-state index in [1.54, 1.807) is 0 Å². The predicted octanol–water partition coefficient (Wildman–Crippen LogP) is 4.60. The van der Waals surface area contributed by atoms with E-state index in [4.69, 9.17) is 0 Å². The van der Waals surface area contributed by atoms with Crippen LogP contribution < -0.4 is 0 Å². The van der Waals surface area contributed by atoms with Crippen LogP contribution in [0.25, 0.3) is 11.3 Å². The molecule has 1 aromatic carbocycles. The van der Waals surface area contributed by atoms with Crippen LogP contribution in [0.4, 0.5) is 8.78 Å². The largest absolute Gasteiger partial charge is 0.206 e. The number of hydrogen-bond acceptors (Lipinski definition) is 2. The van der Waals surface area contributed by atoms with Crippen LogP contribution in [0.3, 0.4) is 0 Å². The average Bonchev–Trinajstić information content (AvgIpc) is 2.78. The first kappa shape index (κ1) is 13.8. The third-order valence-electron chi connectivity index (χ3n) is 6.17. The van der Waals surface area contributed by atoms with Crippen molar-refractivity contribution in [1.29, 1.82) is 0 Å². The van der Waals surface area contributed by atoms with Crippen LogP contribution in [0.15, 0.2) is 24.3 Å². The molecule has 2 bridgehead atoms. The minimum atomic E-state index is -0.595. The summed E-state index contributed by atoms with van der Waals surface area (Å²) in [6, 6.07) is 5.72. The summed E-state index contributed by atoms with van der Waals surface area (Å²) >= 11 is 0. The van der Waals surface area contributed by atoms with Crippen LogP contribution in [-0.2, 0) is 5.41 Å². The van der Waals surface area contributed by atoms with Gasteiger partial charge in [-0.05, 0) is 47.9 Å². The first-order valence-electron chi connectivity index (χ1n) is 7.69. The summed E-state index contributed by atoms with van der Waals surface area (Å²) < 4.78 is 28.0. The first-order valence-corrected chi connectivity index (χ1v) is 7.69. The third-order valence-corrected chi connectivity index (χ3v) is 6.17. The van der Waals surface area contributed by atoms with Gasteiger partial charge in [-0.15, -0.1) is 0 Å². The minimum Gasteiger partial charge on any atom is -0.206 e. The molecule has 4 heteroatoms. The predicted molar refractivity (Wildman–Crippen MR) is 80.5 cm³/mol.